The minimum atomic E-state index is 0.148. The summed E-state index contributed by atoms with van der Waals surface area (Å²) in [6.45, 7) is 2.80. The smallest absolute Gasteiger partial charge is 0.0689 e. The van der Waals surface area contributed by atoms with E-state index in [0.29, 0.717) is 6.54 Å². The van der Waals surface area contributed by atoms with Crippen molar-refractivity contribution in [2.24, 2.45) is 11.0 Å². The van der Waals surface area contributed by atoms with Crippen molar-refractivity contribution in [2.45, 2.75) is 50.7 Å². The Labute approximate surface area is 84.3 Å². The molecule has 2 aliphatic rings. The van der Waals surface area contributed by atoms with Gasteiger partial charge >= 0.3 is 0 Å². The zero-order valence-electron chi connectivity index (χ0n) is 8.65. The highest BCUT2D eigenvalue weighted by Crippen LogP contribution is 2.45. The molecule has 1 aliphatic heterocycles. The van der Waals surface area contributed by atoms with Crippen molar-refractivity contribution < 1.29 is 4.74 Å². The van der Waals surface area contributed by atoms with Gasteiger partial charge in [0.25, 0.3) is 0 Å². The molecule has 78 valence electrons. The second kappa shape index (κ2) is 3.79. The Morgan fingerprint density at radius 1 is 1.50 bits per heavy atom. The van der Waals surface area contributed by atoms with Crippen LogP contribution >= 0.6 is 0 Å². The summed E-state index contributed by atoms with van der Waals surface area (Å²) in [5.41, 5.74) is 8.38. The number of ether oxygens (including phenoxy) is 1. The molecule has 1 spiro atoms. The molecule has 1 saturated heterocycles. The zero-order chi connectivity index (χ0) is 10.0. The molecule has 1 heterocycles. The van der Waals surface area contributed by atoms with E-state index in [1.807, 2.05) is 0 Å². The molecule has 0 unspecified atom stereocenters. The quantitative estimate of drug-likeness (QED) is 0.379. The molecule has 0 bridgehead atoms. The molecule has 0 aromatic heterocycles. The van der Waals surface area contributed by atoms with E-state index < -0.39 is 0 Å². The standard InChI is InChI=1S/C10H17N3O/c1-8-2-4-10(6-8)5-3-9(14-10)7-12-13-11/h8-9H,2-7H2,1H3/t8-,9-,10-/m1/s1. The van der Waals surface area contributed by atoms with Gasteiger partial charge in [-0.3, -0.25) is 0 Å². The summed E-state index contributed by atoms with van der Waals surface area (Å²) in [4.78, 5) is 2.77. The molecule has 1 aliphatic carbocycles. The predicted octanol–water partition coefficient (Wildman–Crippen LogP) is 3.03. The third-order valence-corrected chi connectivity index (χ3v) is 3.50. The van der Waals surface area contributed by atoms with Crippen molar-refractivity contribution in [3.63, 3.8) is 0 Å². The molecule has 0 aromatic rings. The van der Waals surface area contributed by atoms with Gasteiger partial charge in [0.05, 0.1) is 18.2 Å². The van der Waals surface area contributed by atoms with Gasteiger partial charge in [0.15, 0.2) is 0 Å². The van der Waals surface area contributed by atoms with Crippen LogP contribution in [0.25, 0.3) is 10.4 Å². The van der Waals surface area contributed by atoms with Crippen LogP contribution in [0.4, 0.5) is 0 Å². The van der Waals surface area contributed by atoms with Gasteiger partial charge in [0, 0.05) is 4.91 Å². The average molecular weight is 195 g/mol. The second-order valence-electron chi connectivity index (χ2n) is 4.72. The van der Waals surface area contributed by atoms with Gasteiger partial charge in [-0.2, -0.15) is 0 Å². The van der Waals surface area contributed by atoms with Crippen LogP contribution in [0.1, 0.15) is 39.0 Å². The van der Waals surface area contributed by atoms with Crippen molar-refractivity contribution >= 4 is 0 Å². The van der Waals surface area contributed by atoms with Crippen LogP contribution in [0, 0.1) is 5.92 Å². The first kappa shape index (κ1) is 9.81. The number of rotatable bonds is 2. The maximum absolute atomic E-state index is 8.23. The lowest BCUT2D eigenvalue weighted by molar-refractivity contribution is -0.0343. The zero-order valence-corrected chi connectivity index (χ0v) is 8.65. The van der Waals surface area contributed by atoms with Gasteiger partial charge in [0.1, 0.15) is 0 Å². The first-order valence-corrected chi connectivity index (χ1v) is 5.43. The SMILES string of the molecule is C[C@@H]1CC[C@@]2(CC[C@H](CN=[N+]=[N-])O2)C1. The van der Waals surface area contributed by atoms with Gasteiger partial charge in [-0.1, -0.05) is 12.0 Å². The van der Waals surface area contributed by atoms with E-state index in [9.17, 15) is 0 Å². The van der Waals surface area contributed by atoms with Crippen molar-refractivity contribution in [3.05, 3.63) is 10.4 Å². The number of hydrogen-bond donors (Lipinski definition) is 0. The first-order chi connectivity index (χ1) is 6.74. The summed E-state index contributed by atoms with van der Waals surface area (Å²) in [5.74, 6) is 0.799. The fraction of sp³-hybridized carbons (Fsp3) is 1.00. The highest BCUT2D eigenvalue weighted by Gasteiger charge is 2.44. The van der Waals surface area contributed by atoms with E-state index in [1.165, 1.54) is 19.3 Å². The van der Waals surface area contributed by atoms with Crippen molar-refractivity contribution in [1.29, 1.82) is 0 Å². The van der Waals surface area contributed by atoms with E-state index in [2.05, 4.69) is 16.9 Å². The van der Waals surface area contributed by atoms with Crippen LogP contribution in [0.5, 0.6) is 0 Å². The molecule has 0 aromatic carbocycles. The lowest BCUT2D eigenvalue weighted by atomic mass is 9.97. The van der Waals surface area contributed by atoms with E-state index in [4.69, 9.17) is 10.3 Å². The molecule has 0 amide bonds. The summed E-state index contributed by atoms with van der Waals surface area (Å²) < 4.78 is 6.02. The number of azide groups is 1. The molecule has 0 N–H and O–H groups in total. The van der Waals surface area contributed by atoms with E-state index in [1.54, 1.807) is 0 Å². The summed E-state index contributed by atoms with van der Waals surface area (Å²) in [7, 11) is 0. The molecule has 14 heavy (non-hydrogen) atoms. The number of hydrogen-bond acceptors (Lipinski definition) is 2. The predicted molar refractivity (Wildman–Crippen MR) is 53.9 cm³/mol. The lowest BCUT2D eigenvalue weighted by Crippen LogP contribution is -2.26. The Morgan fingerprint density at radius 3 is 2.93 bits per heavy atom. The molecular weight excluding hydrogens is 178 g/mol. The fourth-order valence-corrected chi connectivity index (χ4v) is 2.83. The van der Waals surface area contributed by atoms with E-state index in [0.717, 1.165) is 18.8 Å². The summed E-state index contributed by atoms with van der Waals surface area (Å²) in [6, 6.07) is 0. The first-order valence-electron chi connectivity index (χ1n) is 5.43. The maximum Gasteiger partial charge on any atom is 0.0689 e. The molecule has 1 saturated carbocycles. The highest BCUT2D eigenvalue weighted by atomic mass is 16.5. The Balaban J connectivity index is 1.90. The molecule has 3 atom stereocenters. The molecular formula is C10H17N3O. The topological polar surface area (TPSA) is 58.0 Å². The molecule has 2 fully saturated rings. The van der Waals surface area contributed by atoms with Gasteiger partial charge < -0.3 is 4.74 Å². The molecule has 4 heteroatoms. The maximum atomic E-state index is 8.23. The third kappa shape index (κ3) is 1.86. The van der Waals surface area contributed by atoms with Crippen LogP contribution in [0.2, 0.25) is 0 Å². The Morgan fingerprint density at radius 2 is 2.29 bits per heavy atom. The Hall–Kier alpha value is -0.730. The van der Waals surface area contributed by atoms with Crippen LogP contribution in [-0.4, -0.2) is 18.2 Å². The fourth-order valence-electron chi connectivity index (χ4n) is 2.83. The minimum Gasteiger partial charge on any atom is -0.372 e. The van der Waals surface area contributed by atoms with Crippen molar-refractivity contribution in [1.82, 2.24) is 0 Å². The van der Waals surface area contributed by atoms with Crippen LogP contribution in [0.3, 0.4) is 0 Å². The van der Waals surface area contributed by atoms with Gasteiger partial charge in [-0.05, 0) is 43.6 Å². The third-order valence-electron chi connectivity index (χ3n) is 3.50. The van der Waals surface area contributed by atoms with Crippen molar-refractivity contribution in [2.75, 3.05) is 6.54 Å². The van der Waals surface area contributed by atoms with Crippen LogP contribution in [0.15, 0.2) is 5.11 Å². The number of nitrogens with zero attached hydrogens (tertiary/aromatic N) is 3. The summed E-state index contributed by atoms with van der Waals surface area (Å²) in [6.07, 6.45) is 6.07. The van der Waals surface area contributed by atoms with Gasteiger partial charge in [-0.15, -0.1) is 0 Å². The van der Waals surface area contributed by atoms with Crippen LogP contribution in [-0.2, 0) is 4.74 Å². The normalized spacial score (nSPS) is 41.5. The Kier molecular flexibility index (Phi) is 2.66. The lowest BCUT2D eigenvalue weighted by Gasteiger charge is -2.23. The van der Waals surface area contributed by atoms with Crippen LogP contribution < -0.4 is 0 Å². The van der Waals surface area contributed by atoms with E-state index >= 15 is 0 Å². The monoisotopic (exact) mass is 195 g/mol. The average Bonchev–Trinajstić information content (AvgIpc) is 2.72. The second-order valence-corrected chi connectivity index (χ2v) is 4.72. The summed E-state index contributed by atoms with van der Waals surface area (Å²) >= 11 is 0. The minimum absolute atomic E-state index is 0.148. The molecule has 2 rings (SSSR count). The Bertz CT molecular complexity index is 262. The summed E-state index contributed by atoms with van der Waals surface area (Å²) in [5, 5.41) is 3.58. The molecule has 0 radical (unpaired) electrons. The van der Waals surface area contributed by atoms with E-state index in [-0.39, 0.29) is 11.7 Å². The largest absolute Gasteiger partial charge is 0.372 e. The van der Waals surface area contributed by atoms with Gasteiger partial charge in [-0.25, -0.2) is 0 Å². The van der Waals surface area contributed by atoms with Gasteiger partial charge in [0.2, 0.25) is 0 Å². The highest BCUT2D eigenvalue weighted by molar-refractivity contribution is 4.95. The molecule has 4 nitrogen and oxygen atoms in total. The van der Waals surface area contributed by atoms with Crippen molar-refractivity contribution in [3.8, 4) is 0 Å².